The first-order valence-corrected chi connectivity index (χ1v) is 10.4. The zero-order valence-electron chi connectivity index (χ0n) is 17.3. The number of benzene rings is 1. The highest BCUT2D eigenvalue weighted by molar-refractivity contribution is 5.99. The minimum absolute atomic E-state index is 0.0263. The molecule has 2 aliphatic rings. The molecule has 2 aromatic heterocycles. The van der Waals surface area contributed by atoms with E-state index in [0.717, 1.165) is 36.8 Å². The molecule has 1 aliphatic heterocycles. The predicted octanol–water partition coefficient (Wildman–Crippen LogP) is 3.71. The molecule has 1 saturated carbocycles. The minimum Gasteiger partial charge on any atom is -0.441 e. The summed E-state index contributed by atoms with van der Waals surface area (Å²) < 4.78 is 5.99. The van der Waals surface area contributed by atoms with Gasteiger partial charge in [0, 0.05) is 30.3 Å². The monoisotopic (exact) mass is 414 g/mol. The third-order valence-electron chi connectivity index (χ3n) is 6.21. The number of amides is 1. The molecule has 31 heavy (non-hydrogen) atoms. The molecule has 1 aliphatic carbocycles. The van der Waals surface area contributed by atoms with Crippen molar-refractivity contribution in [3.63, 3.8) is 0 Å². The Kier molecular flexibility index (Phi) is 4.60. The highest BCUT2D eigenvalue weighted by atomic mass is 16.4. The SMILES string of the molecule is CN1Cc2ccc(-c3nc(C#N)ccc3-c3cnc(CC4(O)CCCC4)o3)cc2C1=O. The third kappa shape index (κ3) is 3.49. The Balaban J connectivity index is 1.55. The van der Waals surface area contributed by atoms with Crippen LogP contribution in [0.2, 0.25) is 0 Å². The highest BCUT2D eigenvalue weighted by Crippen LogP contribution is 2.36. The number of oxazole rings is 1. The summed E-state index contributed by atoms with van der Waals surface area (Å²) in [4.78, 5) is 23.0. The lowest BCUT2D eigenvalue weighted by molar-refractivity contribution is 0.0419. The molecule has 1 N–H and O–H groups in total. The molecule has 0 bridgehead atoms. The Labute approximate surface area is 180 Å². The molecule has 156 valence electrons. The number of nitrogens with zero attached hydrogens (tertiary/aromatic N) is 4. The number of nitriles is 1. The van der Waals surface area contributed by atoms with Crippen LogP contribution < -0.4 is 0 Å². The predicted molar refractivity (Wildman–Crippen MR) is 113 cm³/mol. The maximum absolute atomic E-state index is 12.5. The number of carbonyl (C=O) groups excluding carboxylic acids is 1. The fraction of sp³-hybridized carbons (Fsp3) is 0.333. The average molecular weight is 414 g/mol. The summed E-state index contributed by atoms with van der Waals surface area (Å²) in [5, 5.41) is 20.0. The van der Waals surface area contributed by atoms with Crippen LogP contribution >= 0.6 is 0 Å². The number of aromatic nitrogens is 2. The van der Waals surface area contributed by atoms with Crippen molar-refractivity contribution < 1.29 is 14.3 Å². The van der Waals surface area contributed by atoms with Gasteiger partial charge in [-0.15, -0.1) is 0 Å². The molecule has 7 heteroatoms. The summed E-state index contributed by atoms with van der Waals surface area (Å²) in [5.41, 5.74) is 3.14. The quantitative estimate of drug-likeness (QED) is 0.698. The molecular weight excluding hydrogens is 392 g/mol. The van der Waals surface area contributed by atoms with Gasteiger partial charge in [-0.25, -0.2) is 9.97 Å². The van der Waals surface area contributed by atoms with Crippen molar-refractivity contribution in [2.45, 2.75) is 44.2 Å². The van der Waals surface area contributed by atoms with Gasteiger partial charge in [0.15, 0.2) is 11.7 Å². The molecule has 1 amide bonds. The second-order valence-corrected chi connectivity index (χ2v) is 8.46. The van der Waals surface area contributed by atoms with Gasteiger partial charge >= 0.3 is 0 Å². The van der Waals surface area contributed by atoms with Gasteiger partial charge in [0.05, 0.1) is 23.9 Å². The highest BCUT2D eigenvalue weighted by Gasteiger charge is 2.33. The van der Waals surface area contributed by atoms with Gasteiger partial charge in [0.2, 0.25) is 0 Å². The van der Waals surface area contributed by atoms with E-state index in [1.807, 2.05) is 18.2 Å². The summed E-state index contributed by atoms with van der Waals surface area (Å²) in [7, 11) is 1.77. The van der Waals surface area contributed by atoms with Crippen LogP contribution in [-0.4, -0.2) is 38.5 Å². The molecule has 3 heterocycles. The van der Waals surface area contributed by atoms with E-state index in [2.05, 4.69) is 16.0 Å². The van der Waals surface area contributed by atoms with Crippen LogP contribution in [-0.2, 0) is 13.0 Å². The van der Waals surface area contributed by atoms with Gasteiger partial charge in [-0.05, 0) is 36.6 Å². The number of carbonyl (C=O) groups is 1. The lowest BCUT2D eigenvalue weighted by atomic mass is 9.98. The van der Waals surface area contributed by atoms with Crippen molar-refractivity contribution in [1.82, 2.24) is 14.9 Å². The second kappa shape index (κ2) is 7.33. The first-order valence-electron chi connectivity index (χ1n) is 10.4. The zero-order chi connectivity index (χ0) is 21.6. The Morgan fingerprint density at radius 2 is 2.03 bits per heavy atom. The van der Waals surface area contributed by atoms with Gasteiger partial charge in [0.25, 0.3) is 5.91 Å². The Bertz CT molecular complexity index is 1220. The van der Waals surface area contributed by atoms with Crippen LogP contribution in [0.15, 0.2) is 40.9 Å². The van der Waals surface area contributed by atoms with Gasteiger partial charge in [-0.3, -0.25) is 4.79 Å². The summed E-state index contributed by atoms with van der Waals surface area (Å²) in [6.07, 6.45) is 5.55. The van der Waals surface area contributed by atoms with Gasteiger partial charge in [-0.2, -0.15) is 5.26 Å². The maximum Gasteiger partial charge on any atom is 0.254 e. The first-order chi connectivity index (χ1) is 15.0. The van der Waals surface area contributed by atoms with Crippen molar-refractivity contribution >= 4 is 5.91 Å². The van der Waals surface area contributed by atoms with Crippen molar-refractivity contribution in [3.05, 3.63) is 59.2 Å². The molecule has 1 fully saturated rings. The van der Waals surface area contributed by atoms with Crippen LogP contribution in [0, 0.1) is 11.3 Å². The largest absolute Gasteiger partial charge is 0.441 e. The zero-order valence-corrected chi connectivity index (χ0v) is 17.3. The van der Waals surface area contributed by atoms with E-state index in [1.165, 1.54) is 0 Å². The van der Waals surface area contributed by atoms with E-state index >= 15 is 0 Å². The summed E-state index contributed by atoms with van der Waals surface area (Å²) in [6.45, 7) is 0.585. The average Bonchev–Trinajstić information content (AvgIpc) is 3.48. The molecule has 0 saturated heterocycles. The Hall–Kier alpha value is -3.50. The number of fused-ring (bicyclic) bond motifs is 1. The number of hydrogen-bond donors (Lipinski definition) is 1. The molecule has 0 unspecified atom stereocenters. The molecule has 7 nitrogen and oxygen atoms in total. The number of rotatable bonds is 4. The Morgan fingerprint density at radius 1 is 1.23 bits per heavy atom. The van der Waals surface area contributed by atoms with Crippen molar-refractivity contribution in [1.29, 1.82) is 5.26 Å². The van der Waals surface area contributed by atoms with E-state index in [9.17, 15) is 15.2 Å². The van der Waals surface area contributed by atoms with Crippen molar-refractivity contribution in [2.75, 3.05) is 7.05 Å². The first kappa shape index (κ1) is 19.5. The van der Waals surface area contributed by atoms with Gasteiger partial charge in [-0.1, -0.05) is 25.0 Å². The lowest BCUT2D eigenvalue weighted by Crippen LogP contribution is -2.27. The van der Waals surface area contributed by atoms with Crippen molar-refractivity contribution in [2.24, 2.45) is 0 Å². The smallest absolute Gasteiger partial charge is 0.254 e. The number of aliphatic hydroxyl groups is 1. The molecular formula is C24H22N4O3. The van der Waals surface area contributed by atoms with Crippen LogP contribution in [0.3, 0.4) is 0 Å². The standard InChI is InChI=1S/C24H22N4O3/c1-28-14-16-5-4-15(10-19(16)23(28)29)22-18(7-6-17(12-25)27-22)20-13-26-21(31-20)11-24(30)8-2-3-9-24/h4-7,10,13,30H,2-3,8-9,11,14H2,1H3. The van der Waals surface area contributed by atoms with Crippen LogP contribution in [0.1, 0.15) is 53.2 Å². The fourth-order valence-electron chi connectivity index (χ4n) is 4.54. The van der Waals surface area contributed by atoms with Crippen LogP contribution in [0.25, 0.3) is 22.6 Å². The molecule has 1 aromatic carbocycles. The summed E-state index contributed by atoms with van der Waals surface area (Å²) >= 11 is 0. The molecule has 3 aromatic rings. The topological polar surface area (TPSA) is 103 Å². The molecule has 0 spiro atoms. The van der Waals surface area contributed by atoms with E-state index in [0.29, 0.717) is 41.4 Å². The van der Waals surface area contributed by atoms with E-state index in [-0.39, 0.29) is 11.6 Å². The van der Waals surface area contributed by atoms with Gasteiger partial charge in [0.1, 0.15) is 11.8 Å². The maximum atomic E-state index is 12.5. The second-order valence-electron chi connectivity index (χ2n) is 8.46. The lowest BCUT2D eigenvalue weighted by Gasteiger charge is -2.19. The van der Waals surface area contributed by atoms with Gasteiger partial charge < -0.3 is 14.4 Å². The van der Waals surface area contributed by atoms with E-state index in [4.69, 9.17) is 4.42 Å². The van der Waals surface area contributed by atoms with Crippen LogP contribution in [0.4, 0.5) is 0 Å². The summed E-state index contributed by atoms with van der Waals surface area (Å²) in [5.74, 6) is 0.981. The molecule has 5 rings (SSSR count). The van der Waals surface area contributed by atoms with E-state index in [1.54, 1.807) is 30.3 Å². The normalized spacial score (nSPS) is 17.1. The third-order valence-corrected chi connectivity index (χ3v) is 6.21. The summed E-state index contributed by atoms with van der Waals surface area (Å²) in [6, 6.07) is 11.2. The van der Waals surface area contributed by atoms with Crippen molar-refractivity contribution in [3.8, 4) is 28.7 Å². The molecule has 0 atom stereocenters. The Morgan fingerprint density at radius 3 is 2.81 bits per heavy atom. The number of pyridine rings is 1. The molecule has 0 radical (unpaired) electrons. The van der Waals surface area contributed by atoms with Crippen LogP contribution in [0.5, 0.6) is 0 Å². The van der Waals surface area contributed by atoms with E-state index < -0.39 is 5.60 Å². The number of hydrogen-bond acceptors (Lipinski definition) is 6. The fourth-order valence-corrected chi connectivity index (χ4v) is 4.54. The minimum atomic E-state index is -0.750.